The molecule has 2 bridgehead atoms. The summed E-state index contributed by atoms with van der Waals surface area (Å²) in [6.45, 7) is 3.58. The number of nitrogens with zero attached hydrogens (tertiary/aromatic N) is 3. The zero-order valence-electron chi connectivity index (χ0n) is 15.6. The van der Waals surface area contributed by atoms with Crippen LogP contribution in [0.4, 0.5) is 5.82 Å². The number of carbonyl (C=O) groups excluding carboxylic acids is 1. The maximum absolute atomic E-state index is 12.7. The van der Waals surface area contributed by atoms with Gasteiger partial charge in [0.2, 0.25) is 5.91 Å². The fraction of sp³-hybridized carbons (Fsp3) is 0.455. The Morgan fingerprint density at radius 1 is 1.07 bits per heavy atom. The molecule has 0 radical (unpaired) electrons. The minimum Gasteiger partial charge on any atom is -0.348 e. The monoisotopic (exact) mass is 362 g/mol. The van der Waals surface area contributed by atoms with Crippen LogP contribution in [0.2, 0.25) is 0 Å². The van der Waals surface area contributed by atoms with E-state index in [1.807, 2.05) is 35.2 Å². The Morgan fingerprint density at radius 2 is 1.85 bits per heavy atom. The van der Waals surface area contributed by atoms with Gasteiger partial charge < -0.3 is 15.1 Å². The summed E-state index contributed by atoms with van der Waals surface area (Å²) in [6.07, 6.45) is 3.85. The summed E-state index contributed by atoms with van der Waals surface area (Å²) in [5.74, 6) is 1.34. The Bertz CT molecular complexity index is 821. The molecule has 0 aliphatic carbocycles. The first-order valence-electron chi connectivity index (χ1n) is 10.1. The van der Waals surface area contributed by atoms with Crippen molar-refractivity contribution in [2.75, 3.05) is 24.5 Å². The van der Waals surface area contributed by atoms with Crippen LogP contribution < -0.4 is 10.2 Å². The molecule has 2 saturated heterocycles. The minimum absolute atomic E-state index is 0.205. The summed E-state index contributed by atoms with van der Waals surface area (Å²) < 4.78 is 0. The Hall–Kier alpha value is -2.40. The molecule has 5 rings (SSSR count). The third kappa shape index (κ3) is 3.21. The van der Waals surface area contributed by atoms with Crippen LogP contribution in [0.5, 0.6) is 0 Å². The van der Waals surface area contributed by atoms with Crippen LogP contribution >= 0.6 is 0 Å². The highest BCUT2D eigenvalue weighted by molar-refractivity contribution is 5.79. The van der Waals surface area contributed by atoms with Crippen molar-refractivity contribution in [2.24, 2.45) is 0 Å². The second-order valence-electron chi connectivity index (χ2n) is 7.95. The average Bonchev–Trinajstić information content (AvgIpc) is 2.96. The van der Waals surface area contributed by atoms with Gasteiger partial charge in [-0.05, 0) is 30.0 Å². The smallest absolute Gasteiger partial charge is 0.227 e. The van der Waals surface area contributed by atoms with Crippen molar-refractivity contribution < 1.29 is 4.79 Å². The number of piperazine rings is 1. The lowest BCUT2D eigenvalue weighted by Gasteiger charge is -2.37. The van der Waals surface area contributed by atoms with Crippen LogP contribution in [-0.4, -0.2) is 47.5 Å². The third-order valence-corrected chi connectivity index (χ3v) is 6.23. The van der Waals surface area contributed by atoms with E-state index >= 15 is 0 Å². The van der Waals surface area contributed by atoms with Gasteiger partial charge in [-0.15, -0.1) is 0 Å². The van der Waals surface area contributed by atoms with Gasteiger partial charge in [0.15, 0.2) is 0 Å². The normalized spacial score (nSPS) is 24.0. The Kier molecular flexibility index (Phi) is 4.32. The molecule has 1 amide bonds. The molecular formula is C22H26N4O. The molecule has 5 heteroatoms. The Morgan fingerprint density at radius 3 is 2.63 bits per heavy atom. The number of benzene rings is 1. The summed E-state index contributed by atoms with van der Waals surface area (Å²) in [6, 6.07) is 15.5. The van der Waals surface area contributed by atoms with E-state index in [0.717, 1.165) is 37.4 Å². The third-order valence-electron chi connectivity index (χ3n) is 6.23. The first-order valence-corrected chi connectivity index (χ1v) is 10.1. The summed E-state index contributed by atoms with van der Waals surface area (Å²) >= 11 is 0. The molecule has 3 aliphatic heterocycles. The van der Waals surface area contributed by atoms with E-state index < -0.39 is 0 Å². The van der Waals surface area contributed by atoms with E-state index in [1.165, 1.54) is 24.1 Å². The first-order chi connectivity index (χ1) is 13.3. The fourth-order valence-electron chi connectivity index (χ4n) is 4.80. The molecule has 27 heavy (non-hydrogen) atoms. The highest BCUT2D eigenvalue weighted by Gasteiger charge is 2.37. The predicted octanol–water partition coefficient (Wildman–Crippen LogP) is 2.15. The molecule has 5 nitrogen and oxygen atoms in total. The van der Waals surface area contributed by atoms with Crippen LogP contribution in [0.15, 0.2) is 42.5 Å². The Labute approximate surface area is 160 Å². The maximum atomic E-state index is 12.7. The lowest BCUT2D eigenvalue weighted by molar-refractivity contribution is -0.131. The quantitative estimate of drug-likeness (QED) is 0.909. The zero-order chi connectivity index (χ0) is 18.2. The van der Waals surface area contributed by atoms with Gasteiger partial charge in [-0.3, -0.25) is 4.79 Å². The van der Waals surface area contributed by atoms with E-state index in [4.69, 9.17) is 4.98 Å². The highest BCUT2D eigenvalue weighted by atomic mass is 16.2. The van der Waals surface area contributed by atoms with Crippen LogP contribution in [0.25, 0.3) is 0 Å². The minimum atomic E-state index is 0.205. The van der Waals surface area contributed by atoms with Crippen LogP contribution in [0.1, 0.15) is 29.7 Å². The van der Waals surface area contributed by atoms with Gasteiger partial charge in [0.1, 0.15) is 5.82 Å². The van der Waals surface area contributed by atoms with Crippen LogP contribution in [-0.2, 0) is 24.2 Å². The topological polar surface area (TPSA) is 48.5 Å². The first kappa shape index (κ1) is 16.8. The van der Waals surface area contributed by atoms with Crippen molar-refractivity contribution in [3.8, 4) is 0 Å². The number of rotatable bonds is 3. The molecule has 0 spiro atoms. The predicted molar refractivity (Wildman–Crippen MR) is 106 cm³/mol. The second-order valence-corrected chi connectivity index (χ2v) is 7.95. The van der Waals surface area contributed by atoms with Gasteiger partial charge in [0, 0.05) is 50.4 Å². The van der Waals surface area contributed by atoms with Gasteiger partial charge in [-0.1, -0.05) is 36.4 Å². The summed E-state index contributed by atoms with van der Waals surface area (Å²) in [5, 5.41) is 3.53. The number of hydrogen-bond donors (Lipinski definition) is 1. The number of amides is 1. The number of fused-ring (bicyclic) bond motifs is 3. The molecule has 0 saturated carbocycles. The molecule has 1 aromatic carbocycles. The molecule has 2 aromatic rings. The summed E-state index contributed by atoms with van der Waals surface area (Å²) in [7, 11) is 0. The van der Waals surface area contributed by atoms with Crippen molar-refractivity contribution in [1.29, 1.82) is 0 Å². The lowest BCUT2D eigenvalue weighted by Crippen LogP contribution is -2.52. The van der Waals surface area contributed by atoms with Gasteiger partial charge >= 0.3 is 0 Å². The number of pyridine rings is 1. The van der Waals surface area contributed by atoms with Crippen molar-refractivity contribution in [3.63, 3.8) is 0 Å². The molecular weight excluding hydrogens is 336 g/mol. The van der Waals surface area contributed by atoms with Crippen molar-refractivity contribution in [1.82, 2.24) is 15.2 Å². The van der Waals surface area contributed by atoms with Crippen molar-refractivity contribution in [3.05, 3.63) is 59.3 Å². The molecule has 140 valence electrons. The number of carbonyl (C=O) groups is 1. The number of aromatic nitrogens is 1. The molecule has 1 N–H and O–H groups in total. The molecule has 2 fully saturated rings. The number of nitrogens with one attached hydrogen (secondary N) is 1. The molecule has 1 aromatic heterocycles. The zero-order valence-corrected chi connectivity index (χ0v) is 15.6. The molecule has 3 aliphatic rings. The van der Waals surface area contributed by atoms with Crippen molar-refractivity contribution in [2.45, 2.75) is 44.3 Å². The van der Waals surface area contributed by atoms with Gasteiger partial charge in [0.05, 0.1) is 6.42 Å². The maximum Gasteiger partial charge on any atom is 0.227 e. The largest absolute Gasteiger partial charge is 0.348 e. The standard InChI is InChI=1S/C22H26N4O/c27-22(12-16-4-2-1-3-5-16)25-11-10-20-17(15-25)6-9-21(24-20)26-18-7-8-19(26)14-23-13-18/h1-6,9,18-19,23H,7-8,10-15H2. The lowest BCUT2D eigenvalue weighted by atomic mass is 10.0. The molecule has 2 atom stereocenters. The van der Waals surface area contributed by atoms with E-state index in [9.17, 15) is 4.79 Å². The fourth-order valence-corrected chi connectivity index (χ4v) is 4.80. The SMILES string of the molecule is O=C(Cc1ccccc1)N1CCc2nc(N3C4CCC3CNC4)ccc2C1. The van der Waals surface area contributed by atoms with Crippen molar-refractivity contribution >= 4 is 11.7 Å². The average molecular weight is 362 g/mol. The summed E-state index contributed by atoms with van der Waals surface area (Å²) in [5.41, 5.74) is 3.46. The van der Waals surface area contributed by atoms with E-state index in [-0.39, 0.29) is 5.91 Å². The van der Waals surface area contributed by atoms with Gasteiger partial charge in [0.25, 0.3) is 0 Å². The highest BCUT2D eigenvalue weighted by Crippen LogP contribution is 2.32. The number of hydrogen-bond acceptors (Lipinski definition) is 4. The van der Waals surface area contributed by atoms with E-state index in [1.54, 1.807) is 0 Å². The van der Waals surface area contributed by atoms with Gasteiger partial charge in [-0.2, -0.15) is 0 Å². The van der Waals surface area contributed by atoms with Crippen LogP contribution in [0, 0.1) is 0 Å². The number of anilines is 1. The molecule has 2 unspecified atom stereocenters. The van der Waals surface area contributed by atoms with E-state index in [2.05, 4.69) is 22.3 Å². The van der Waals surface area contributed by atoms with E-state index in [0.29, 0.717) is 25.0 Å². The second kappa shape index (κ2) is 6.97. The molecule has 4 heterocycles. The van der Waals surface area contributed by atoms with Crippen LogP contribution in [0.3, 0.4) is 0 Å². The van der Waals surface area contributed by atoms with Gasteiger partial charge in [-0.25, -0.2) is 4.98 Å². The Balaban J connectivity index is 1.30. The summed E-state index contributed by atoms with van der Waals surface area (Å²) in [4.78, 5) is 22.2.